The lowest BCUT2D eigenvalue weighted by atomic mass is 10.1. The number of hydrogen-bond donors (Lipinski definition) is 0. The average Bonchev–Trinajstić information content (AvgIpc) is 3.41. The Morgan fingerprint density at radius 1 is 0.655 bits per heavy atom. The molecule has 29 heavy (non-hydrogen) atoms. The normalized spacial score (nSPS) is 12.3. The van der Waals surface area contributed by atoms with Crippen LogP contribution < -0.4 is 4.57 Å². The van der Waals surface area contributed by atoms with Gasteiger partial charge in [0.2, 0.25) is 6.33 Å². The maximum Gasteiger partial charge on any atom is 0.244 e. The summed E-state index contributed by atoms with van der Waals surface area (Å²) in [5.74, 6) is 0. The van der Waals surface area contributed by atoms with Crippen LogP contribution in [-0.2, 0) is 7.05 Å². The highest BCUT2D eigenvalue weighted by atomic mass is 15.1. The summed E-state index contributed by atoms with van der Waals surface area (Å²) >= 11 is 0. The van der Waals surface area contributed by atoms with Crippen LogP contribution in [0.1, 0.15) is 0 Å². The first-order valence-electron chi connectivity index (χ1n) is 9.88. The van der Waals surface area contributed by atoms with E-state index in [1.165, 1.54) is 49.1 Å². The highest BCUT2D eigenvalue weighted by Gasteiger charge is 2.20. The molecule has 0 saturated carbocycles. The monoisotopic (exact) mass is 371 g/mol. The molecule has 0 N–H and O–H groups in total. The Kier molecular flexibility index (Phi) is 2.68. The lowest BCUT2D eigenvalue weighted by Crippen LogP contribution is -2.26. The number of aryl methyl sites for hydroxylation is 1. The first-order chi connectivity index (χ1) is 14.3. The molecule has 0 aliphatic heterocycles. The molecule has 0 radical (unpaired) electrons. The Balaban J connectivity index is 1.75. The smallest absolute Gasteiger partial charge is 0.244 e. The highest BCUT2D eigenvalue weighted by Crippen LogP contribution is 2.40. The third-order valence-electron chi connectivity index (χ3n) is 6.18. The van der Waals surface area contributed by atoms with Gasteiger partial charge in [0.15, 0.2) is 0 Å². The van der Waals surface area contributed by atoms with Gasteiger partial charge in [-0.1, -0.05) is 72.8 Å². The molecule has 0 unspecified atom stereocenters. The van der Waals surface area contributed by atoms with E-state index in [9.17, 15) is 0 Å². The number of nitrogens with zero attached hydrogens (tertiary/aromatic N) is 3. The predicted molar refractivity (Wildman–Crippen MR) is 118 cm³/mol. The van der Waals surface area contributed by atoms with Crippen molar-refractivity contribution in [1.29, 1.82) is 0 Å². The number of benzene rings is 4. The minimum absolute atomic E-state index is 1.12. The second-order valence-electron chi connectivity index (χ2n) is 7.71. The molecule has 3 heterocycles. The zero-order valence-electron chi connectivity index (χ0n) is 15.9. The van der Waals surface area contributed by atoms with Crippen molar-refractivity contribution >= 4 is 49.1 Å². The van der Waals surface area contributed by atoms with E-state index >= 15 is 0 Å². The van der Waals surface area contributed by atoms with Crippen molar-refractivity contribution in [2.75, 3.05) is 0 Å². The lowest BCUT2D eigenvalue weighted by Gasteiger charge is -2.05. The SMILES string of the molecule is C[n+]1[c-]n(-c2ccccc2)c2ccc3c(c4cccc5c6ccccc6n3c54)c21. The van der Waals surface area contributed by atoms with Gasteiger partial charge in [-0.15, -0.1) is 0 Å². The number of fused-ring (bicyclic) bond motifs is 8. The van der Waals surface area contributed by atoms with E-state index in [-0.39, 0.29) is 0 Å². The van der Waals surface area contributed by atoms with Crippen LogP contribution in [0.25, 0.3) is 54.8 Å². The van der Waals surface area contributed by atoms with Gasteiger partial charge in [0.1, 0.15) is 0 Å². The molecular formula is C26H17N3. The molecule has 0 atom stereocenters. The summed E-state index contributed by atoms with van der Waals surface area (Å²) in [5, 5.41) is 5.22. The van der Waals surface area contributed by atoms with Gasteiger partial charge in [-0.3, -0.25) is 0 Å². The fraction of sp³-hybridized carbons (Fsp3) is 0.0385. The summed E-state index contributed by atoms with van der Waals surface area (Å²) in [7, 11) is 2.09. The van der Waals surface area contributed by atoms with Crippen molar-refractivity contribution < 1.29 is 4.57 Å². The van der Waals surface area contributed by atoms with Crippen LogP contribution in [-0.4, -0.2) is 8.97 Å². The summed E-state index contributed by atoms with van der Waals surface area (Å²) in [6, 6.07) is 30.3. The maximum absolute atomic E-state index is 3.51. The molecule has 7 rings (SSSR count). The fourth-order valence-electron chi connectivity index (χ4n) is 5.04. The predicted octanol–water partition coefficient (Wildman–Crippen LogP) is 5.41. The number of imidazole rings is 1. The van der Waals surface area contributed by atoms with Crippen LogP contribution in [0, 0.1) is 6.33 Å². The Labute approximate surface area is 167 Å². The minimum Gasteiger partial charge on any atom is -0.319 e. The Morgan fingerprint density at radius 2 is 1.38 bits per heavy atom. The van der Waals surface area contributed by atoms with Crippen molar-refractivity contribution in [3.8, 4) is 5.69 Å². The van der Waals surface area contributed by atoms with E-state index in [4.69, 9.17) is 0 Å². The average molecular weight is 371 g/mol. The van der Waals surface area contributed by atoms with Crippen molar-refractivity contribution in [1.82, 2.24) is 8.97 Å². The number of aromatic nitrogens is 3. The lowest BCUT2D eigenvalue weighted by molar-refractivity contribution is -0.648. The molecule has 4 aromatic carbocycles. The van der Waals surface area contributed by atoms with Gasteiger partial charge >= 0.3 is 0 Å². The third-order valence-corrected chi connectivity index (χ3v) is 6.18. The van der Waals surface area contributed by atoms with Crippen LogP contribution in [0.15, 0.2) is 84.9 Å². The van der Waals surface area contributed by atoms with Crippen molar-refractivity contribution in [3.05, 3.63) is 91.3 Å². The van der Waals surface area contributed by atoms with E-state index in [1.54, 1.807) is 0 Å². The molecule has 0 aliphatic rings. The topological polar surface area (TPSA) is 13.2 Å². The first kappa shape index (κ1) is 15.1. The highest BCUT2D eigenvalue weighted by molar-refractivity contribution is 6.27. The van der Waals surface area contributed by atoms with E-state index in [0.29, 0.717) is 0 Å². The van der Waals surface area contributed by atoms with Gasteiger partial charge in [-0.05, 0) is 12.1 Å². The molecule has 3 nitrogen and oxygen atoms in total. The van der Waals surface area contributed by atoms with Crippen LogP contribution in [0.5, 0.6) is 0 Å². The van der Waals surface area contributed by atoms with Gasteiger partial charge in [0.05, 0.1) is 34.8 Å². The summed E-state index contributed by atoms with van der Waals surface area (Å²) in [6.07, 6.45) is 3.51. The molecule has 0 amide bonds. The Hall–Kier alpha value is -3.85. The zero-order chi connectivity index (χ0) is 19.1. The molecule has 0 saturated heterocycles. The molecule has 0 fully saturated rings. The Morgan fingerprint density at radius 3 is 2.28 bits per heavy atom. The van der Waals surface area contributed by atoms with Gasteiger partial charge in [-0.2, -0.15) is 0 Å². The van der Waals surface area contributed by atoms with Gasteiger partial charge in [-0.25, -0.2) is 0 Å². The number of rotatable bonds is 1. The van der Waals surface area contributed by atoms with E-state index in [1.807, 2.05) is 6.07 Å². The fourth-order valence-corrected chi connectivity index (χ4v) is 5.04. The summed E-state index contributed by atoms with van der Waals surface area (Å²) < 4.78 is 6.71. The standard InChI is InChI=1S/C26H17N3/c1-27-16-28(17-8-3-2-4-9-17)23-15-14-22-24(26(23)27)20-12-7-11-19-18-10-5-6-13-21(18)29(22)25(19)20/h2-15H,1H3. The molecule has 3 heteroatoms. The quantitative estimate of drug-likeness (QED) is 0.271. The second kappa shape index (κ2) is 5.15. The molecule has 3 aromatic heterocycles. The van der Waals surface area contributed by atoms with E-state index < -0.39 is 0 Å². The molecule has 0 bridgehead atoms. The van der Waals surface area contributed by atoms with E-state index in [2.05, 4.69) is 106 Å². The van der Waals surface area contributed by atoms with Crippen molar-refractivity contribution in [2.45, 2.75) is 0 Å². The second-order valence-corrected chi connectivity index (χ2v) is 7.71. The molecule has 136 valence electrons. The molecule has 7 aromatic rings. The van der Waals surface area contributed by atoms with Crippen LogP contribution in [0.2, 0.25) is 0 Å². The van der Waals surface area contributed by atoms with Crippen LogP contribution in [0.3, 0.4) is 0 Å². The molecule has 0 spiro atoms. The number of hydrogen-bond acceptors (Lipinski definition) is 0. The Bertz CT molecular complexity index is 1700. The van der Waals surface area contributed by atoms with Gasteiger partial charge < -0.3 is 13.5 Å². The first-order valence-corrected chi connectivity index (χ1v) is 9.88. The molecule has 0 aliphatic carbocycles. The van der Waals surface area contributed by atoms with Crippen molar-refractivity contribution in [2.24, 2.45) is 7.05 Å². The van der Waals surface area contributed by atoms with E-state index in [0.717, 1.165) is 5.69 Å². The zero-order valence-corrected chi connectivity index (χ0v) is 15.9. The number of para-hydroxylation sites is 3. The van der Waals surface area contributed by atoms with Gasteiger partial charge in [0, 0.05) is 27.1 Å². The summed E-state index contributed by atoms with van der Waals surface area (Å²) in [6.45, 7) is 0. The van der Waals surface area contributed by atoms with Crippen LogP contribution >= 0.6 is 0 Å². The maximum atomic E-state index is 3.51. The van der Waals surface area contributed by atoms with Crippen LogP contribution in [0.4, 0.5) is 0 Å². The minimum atomic E-state index is 1.12. The summed E-state index contributed by atoms with van der Waals surface area (Å²) in [4.78, 5) is 0. The molecular weight excluding hydrogens is 354 g/mol. The third kappa shape index (κ3) is 1.76. The summed E-state index contributed by atoms with van der Waals surface area (Å²) in [5.41, 5.74) is 7.33. The van der Waals surface area contributed by atoms with Crippen molar-refractivity contribution in [3.63, 3.8) is 0 Å². The largest absolute Gasteiger partial charge is 0.319 e. The van der Waals surface area contributed by atoms with Gasteiger partial charge in [0.25, 0.3) is 0 Å².